The molecule has 2 aliphatic rings. The fourth-order valence-electron chi connectivity index (χ4n) is 3.52. The number of thiocarbonyl (C=S) groups is 1. The predicted octanol–water partition coefficient (Wildman–Crippen LogP) is 3.25. The van der Waals surface area contributed by atoms with Gasteiger partial charge in [-0.2, -0.15) is 0 Å². The number of nitrogens with one attached hydrogen (secondary N) is 1. The molecular formula is C21H25N3O3S. The molecule has 4 rings (SSSR count). The van der Waals surface area contributed by atoms with E-state index in [0.717, 1.165) is 60.8 Å². The van der Waals surface area contributed by atoms with Gasteiger partial charge in [-0.15, -0.1) is 0 Å². The number of piperazine rings is 1. The fraction of sp³-hybridized carbons (Fsp3) is 0.381. The molecule has 6 nitrogen and oxygen atoms in total. The molecule has 0 radical (unpaired) electrons. The van der Waals surface area contributed by atoms with Gasteiger partial charge in [-0.3, -0.25) is 4.90 Å². The normalized spacial score (nSPS) is 16.1. The maximum absolute atomic E-state index is 5.64. The van der Waals surface area contributed by atoms with Gasteiger partial charge in [0.05, 0.1) is 12.8 Å². The van der Waals surface area contributed by atoms with Gasteiger partial charge in [-0.25, -0.2) is 0 Å². The monoisotopic (exact) mass is 399 g/mol. The smallest absolute Gasteiger partial charge is 0.231 e. The summed E-state index contributed by atoms with van der Waals surface area (Å²) < 4.78 is 16.3. The number of methoxy groups -OCH3 is 1. The second kappa shape index (κ2) is 8.24. The lowest BCUT2D eigenvalue weighted by molar-refractivity contribution is 0.173. The maximum Gasteiger partial charge on any atom is 0.231 e. The fourth-order valence-corrected chi connectivity index (χ4v) is 3.81. The molecule has 0 amide bonds. The van der Waals surface area contributed by atoms with Crippen LogP contribution < -0.4 is 19.5 Å². The van der Waals surface area contributed by atoms with Crippen LogP contribution in [0.3, 0.4) is 0 Å². The Bertz CT molecular complexity index is 866. The highest BCUT2D eigenvalue weighted by Crippen LogP contribution is 2.33. The van der Waals surface area contributed by atoms with E-state index in [2.05, 4.69) is 40.2 Å². The third-order valence-corrected chi connectivity index (χ3v) is 5.46. The Kier molecular flexibility index (Phi) is 5.54. The van der Waals surface area contributed by atoms with Crippen LogP contribution in [-0.2, 0) is 6.54 Å². The summed E-state index contributed by atoms with van der Waals surface area (Å²) in [6.07, 6.45) is 0. The Morgan fingerprint density at radius 2 is 1.86 bits per heavy atom. The van der Waals surface area contributed by atoms with E-state index >= 15 is 0 Å². The largest absolute Gasteiger partial charge is 0.495 e. The van der Waals surface area contributed by atoms with Gasteiger partial charge in [0.25, 0.3) is 0 Å². The molecule has 2 aromatic carbocycles. The van der Waals surface area contributed by atoms with Crippen LogP contribution in [0.2, 0.25) is 0 Å². The minimum atomic E-state index is 0.313. The predicted molar refractivity (Wildman–Crippen MR) is 113 cm³/mol. The zero-order valence-electron chi connectivity index (χ0n) is 16.2. The van der Waals surface area contributed by atoms with Crippen LogP contribution in [0, 0.1) is 6.92 Å². The number of hydrogen-bond acceptors (Lipinski definition) is 5. The first-order valence-corrected chi connectivity index (χ1v) is 9.84. The Labute approximate surface area is 171 Å². The van der Waals surface area contributed by atoms with Gasteiger partial charge in [0.2, 0.25) is 6.79 Å². The highest BCUT2D eigenvalue weighted by Gasteiger charge is 2.21. The quantitative estimate of drug-likeness (QED) is 0.792. The number of ether oxygens (including phenoxy) is 3. The molecule has 1 N–H and O–H groups in total. The van der Waals surface area contributed by atoms with Gasteiger partial charge < -0.3 is 24.4 Å². The summed E-state index contributed by atoms with van der Waals surface area (Å²) in [5.41, 5.74) is 3.32. The first kappa shape index (κ1) is 18.8. The number of hydrogen-bond donors (Lipinski definition) is 1. The van der Waals surface area contributed by atoms with Crippen LogP contribution in [0.4, 0.5) is 5.69 Å². The van der Waals surface area contributed by atoms with E-state index < -0.39 is 0 Å². The molecule has 0 atom stereocenters. The zero-order chi connectivity index (χ0) is 19.5. The molecule has 0 aromatic heterocycles. The molecule has 7 heteroatoms. The van der Waals surface area contributed by atoms with Crippen molar-refractivity contribution in [2.75, 3.05) is 45.4 Å². The van der Waals surface area contributed by atoms with Gasteiger partial charge in [0.15, 0.2) is 16.6 Å². The lowest BCUT2D eigenvalue weighted by Gasteiger charge is -2.36. The number of rotatable bonds is 4. The second-order valence-corrected chi connectivity index (χ2v) is 7.47. The summed E-state index contributed by atoms with van der Waals surface area (Å²) >= 11 is 5.64. The van der Waals surface area contributed by atoms with Crippen molar-refractivity contribution in [3.8, 4) is 17.2 Å². The minimum absolute atomic E-state index is 0.313. The maximum atomic E-state index is 5.64. The van der Waals surface area contributed by atoms with Crippen molar-refractivity contribution in [2.24, 2.45) is 0 Å². The molecule has 1 fully saturated rings. The van der Waals surface area contributed by atoms with E-state index in [9.17, 15) is 0 Å². The van der Waals surface area contributed by atoms with Gasteiger partial charge in [-0.1, -0.05) is 12.1 Å². The molecule has 0 saturated carbocycles. The van der Waals surface area contributed by atoms with Crippen molar-refractivity contribution < 1.29 is 14.2 Å². The van der Waals surface area contributed by atoms with Gasteiger partial charge >= 0.3 is 0 Å². The van der Waals surface area contributed by atoms with Crippen LogP contribution in [-0.4, -0.2) is 55.0 Å². The molecule has 0 unspecified atom stereocenters. The van der Waals surface area contributed by atoms with Crippen molar-refractivity contribution in [1.29, 1.82) is 0 Å². The molecular weight excluding hydrogens is 374 g/mol. The van der Waals surface area contributed by atoms with E-state index in [4.69, 9.17) is 26.4 Å². The van der Waals surface area contributed by atoms with E-state index in [0.29, 0.717) is 6.79 Å². The van der Waals surface area contributed by atoms with Crippen LogP contribution in [0.5, 0.6) is 17.2 Å². The SMILES string of the molecule is COc1ccc(C)cc1NC(=S)N1CCN(Cc2ccc3c(c2)OCO3)CC1. The second-order valence-electron chi connectivity index (χ2n) is 7.08. The topological polar surface area (TPSA) is 46.2 Å². The van der Waals surface area contributed by atoms with E-state index in [1.54, 1.807) is 7.11 Å². The number of nitrogens with zero attached hydrogens (tertiary/aromatic N) is 2. The highest BCUT2D eigenvalue weighted by molar-refractivity contribution is 7.80. The Hall–Kier alpha value is -2.51. The Balaban J connectivity index is 1.31. The standard InChI is InChI=1S/C21H25N3O3S/c1-15-3-5-18(25-2)17(11-15)22-21(28)24-9-7-23(8-10-24)13-16-4-6-19-20(12-16)27-14-26-19/h3-6,11-12H,7-10,13-14H2,1-2H3,(H,22,28). The first-order valence-electron chi connectivity index (χ1n) is 9.44. The number of anilines is 1. The van der Waals surface area contributed by atoms with Gasteiger partial charge in [0.1, 0.15) is 5.75 Å². The molecule has 148 valence electrons. The first-order chi connectivity index (χ1) is 13.6. The van der Waals surface area contributed by atoms with Crippen LogP contribution >= 0.6 is 12.2 Å². The Morgan fingerprint density at radius 3 is 2.64 bits per heavy atom. The van der Waals surface area contributed by atoms with Crippen molar-refractivity contribution in [3.63, 3.8) is 0 Å². The summed E-state index contributed by atoms with van der Waals surface area (Å²) in [5.74, 6) is 2.47. The number of aryl methyl sites for hydroxylation is 1. The van der Waals surface area contributed by atoms with E-state index in [1.165, 1.54) is 11.1 Å². The van der Waals surface area contributed by atoms with Crippen LogP contribution in [0.1, 0.15) is 11.1 Å². The molecule has 28 heavy (non-hydrogen) atoms. The van der Waals surface area contributed by atoms with E-state index in [-0.39, 0.29) is 0 Å². The average molecular weight is 400 g/mol. The molecule has 0 bridgehead atoms. The number of fused-ring (bicyclic) bond motifs is 1. The summed E-state index contributed by atoms with van der Waals surface area (Å²) in [7, 11) is 1.67. The van der Waals surface area contributed by atoms with Crippen molar-refractivity contribution in [1.82, 2.24) is 9.80 Å². The van der Waals surface area contributed by atoms with Crippen molar-refractivity contribution >= 4 is 23.0 Å². The lowest BCUT2D eigenvalue weighted by Crippen LogP contribution is -2.49. The van der Waals surface area contributed by atoms with Crippen LogP contribution in [0.25, 0.3) is 0 Å². The summed E-state index contributed by atoms with van der Waals surface area (Å²) in [6, 6.07) is 12.2. The molecule has 0 aliphatic carbocycles. The lowest BCUT2D eigenvalue weighted by atomic mass is 10.1. The number of benzene rings is 2. The zero-order valence-corrected chi connectivity index (χ0v) is 17.1. The van der Waals surface area contributed by atoms with Gasteiger partial charge in [-0.05, 0) is 54.5 Å². The third kappa shape index (κ3) is 4.15. The van der Waals surface area contributed by atoms with E-state index in [1.807, 2.05) is 18.2 Å². The molecule has 2 aromatic rings. The molecule has 0 spiro atoms. The third-order valence-electron chi connectivity index (χ3n) is 5.10. The molecule has 1 saturated heterocycles. The van der Waals surface area contributed by atoms with Crippen molar-refractivity contribution in [2.45, 2.75) is 13.5 Å². The van der Waals surface area contributed by atoms with Crippen LogP contribution in [0.15, 0.2) is 36.4 Å². The van der Waals surface area contributed by atoms with Gasteiger partial charge in [0, 0.05) is 32.7 Å². The van der Waals surface area contributed by atoms with Crippen molar-refractivity contribution in [3.05, 3.63) is 47.5 Å². The summed E-state index contributed by atoms with van der Waals surface area (Å²) in [4.78, 5) is 4.65. The highest BCUT2D eigenvalue weighted by atomic mass is 32.1. The minimum Gasteiger partial charge on any atom is -0.495 e. The molecule has 2 heterocycles. The Morgan fingerprint density at radius 1 is 1.07 bits per heavy atom. The summed E-state index contributed by atoms with van der Waals surface area (Å²) in [5, 5.41) is 4.09. The summed E-state index contributed by atoms with van der Waals surface area (Å²) in [6.45, 7) is 6.98. The molecule has 2 aliphatic heterocycles. The average Bonchev–Trinajstić information content (AvgIpc) is 3.16.